The molecule has 0 unspecified atom stereocenters. The van der Waals surface area contributed by atoms with Crippen LogP contribution in [0.2, 0.25) is 0 Å². The lowest BCUT2D eigenvalue weighted by Gasteiger charge is -2.08. The zero-order valence-corrected chi connectivity index (χ0v) is 11.0. The van der Waals surface area contributed by atoms with Crippen molar-refractivity contribution in [1.82, 2.24) is 9.97 Å². The quantitative estimate of drug-likeness (QED) is 0.881. The minimum absolute atomic E-state index is 0.0382. The van der Waals surface area contributed by atoms with Crippen LogP contribution in [0.15, 0.2) is 23.0 Å². The van der Waals surface area contributed by atoms with Crippen LogP contribution in [0.4, 0.5) is 13.2 Å². The monoisotopic (exact) mass is 300 g/mol. The molecule has 0 amide bonds. The number of aromatic nitrogens is 2. The first-order valence-corrected chi connectivity index (χ1v) is 6.07. The number of benzene rings is 1. The summed E-state index contributed by atoms with van der Waals surface area (Å²) >= 11 is 0. The van der Waals surface area contributed by atoms with Crippen molar-refractivity contribution in [3.05, 3.63) is 39.8 Å². The second-order valence-corrected chi connectivity index (χ2v) is 4.22. The Labute approximate surface area is 116 Å². The second kappa shape index (κ2) is 5.55. The van der Waals surface area contributed by atoms with Gasteiger partial charge in [0, 0.05) is 0 Å². The van der Waals surface area contributed by atoms with E-state index in [-0.39, 0.29) is 23.3 Å². The Hall–Kier alpha value is -2.38. The van der Waals surface area contributed by atoms with Gasteiger partial charge in [0.2, 0.25) is 0 Å². The van der Waals surface area contributed by atoms with Crippen molar-refractivity contribution in [1.29, 1.82) is 0 Å². The summed E-state index contributed by atoms with van der Waals surface area (Å²) < 4.78 is 42.6. The van der Waals surface area contributed by atoms with Crippen molar-refractivity contribution in [3.63, 3.8) is 0 Å². The molecule has 0 radical (unpaired) electrons. The van der Waals surface area contributed by atoms with Crippen LogP contribution in [0, 0.1) is 0 Å². The van der Waals surface area contributed by atoms with Crippen LogP contribution in [0.1, 0.15) is 18.2 Å². The lowest BCUT2D eigenvalue weighted by atomic mass is 10.2. The van der Waals surface area contributed by atoms with Gasteiger partial charge in [-0.15, -0.1) is 0 Å². The standard InChI is InChI=1S/C13H11F3N2O3/c1-2-21-11(19)6-10-12(20)18-8-4-3-7(13(14,15)16)5-9(8)17-10/h3-5H,2,6H2,1H3,(H,18,20). The molecule has 1 heterocycles. The Bertz CT molecular complexity index is 737. The highest BCUT2D eigenvalue weighted by atomic mass is 19.4. The van der Waals surface area contributed by atoms with E-state index in [0.717, 1.165) is 18.2 Å². The molecule has 0 aliphatic carbocycles. The number of carbonyl (C=O) groups excluding carboxylic acids is 1. The molecule has 2 rings (SSSR count). The molecule has 0 saturated heterocycles. The van der Waals surface area contributed by atoms with Gasteiger partial charge in [-0.3, -0.25) is 9.59 Å². The van der Waals surface area contributed by atoms with Crippen LogP contribution in [-0.2, 0) is 22.1 Å². The minimum Gasteiger partial charge on any atom is -0.466 e. The summed E-state index contributed by atoms with van der Waals surface area (Å²) in [5.41, 5.74) is -1.56. The molecule has 0 bridgehead atoms. The number of hydrogen-bond acceptors (Lipinski definition) is 4. The molecule has 0 atom stereocenters. The molecule has 1 aromatic carbocycles. The van der Waals surface area contributed by atoms with Crippen LogP contribution in [0.5, 0.6) is 0 Å². The van der Waals surface area contributed by atoms with Gasteiger partial charge < -0.3 is 9.72 Å². The van der Waals surface area contributed by atoms with Gasteiger partial charge in [-0.2, -0.15) is 13.2 Å². The zero-order valence-electron chi connectivity index (χ0n) is 11.0. The minimum atomic E-state index is -4.51. The molecule has 2 aromatic rings. The van der Waals surface area contributed by atoms with E-state index in [9.17, 15) is 22.8 Å². The van der Waals surface area contributed by atoms with Crippen molar-refractivity contribution in [2.75, 3.05) is 6.61 Å². The summed E-state index contributed by atoms with van der Waals surface area (Å²) in [6.07, 6.45) is -4.90. The molecule has 1 aromatic heterocycles. The van der Waals surface area contributed by atoms with Crippen LogP contribution in [-0.4, -0.2) is 22.5 Å². The van der Waals surface area contributed by atoms with Crippen molar-refractivity contribution in [3.8, 4) is 0 Å². The van der Waals surface area contributed by atoms with Crippen molar-refractivity contribution in [2.45, 2.75) is 19.5 Å². The van der Waals surface area contributed by atoms with Crippen LogP contribution >= 0.6 is 0 Å². The number of H-pyrrole nitrogens is 1. The molecule has 5 nitrogen and oxygen atoms in total. The van der Waals surface area contributed by atoms with Crippen LogP contribution in [0.25, 0.3) is 11.0 Å². The third-order valence-corrected chi connectivity index (χ3v) is 2.71. The largest absolute Gasteiger partial charge is 0.466 e. The lowest BCUT2D eigenvalue weighted by molar-refractivity contribution is -0.142. The molecule has 0 fully saturated rings. The maximum Gasteiger partial charge on any atom is 0.416 e. The number of nitrogens with zero attached hydrogens (tertiary/aromatic N) is 1. The molecular weight excluding hydrogens is 289 g/mol. The van der Waals surface area contributed by atoms with E-state index in [2.05, 4.69) is 14.7 Å². The van der Waals surface area contributed by atoms with Gasteiger partial charge in [0.05, 0.1) is 29.6 Å². The fourth-order valence-electron chi connectivity index (χ4n) is 1.77. The van der Waals surface area contributed by atoms with Gasteiger partial charge in [0.25, 0.3) is 5.56 Å². The maximum absolute atomic E-state index is 12.6. The zero-order chi connectivity index (χ0) is 15.6. The third-order valence-electron chi connectivity index (χ3n) is 2.71. The van der Waals surface area contributed by atoms with Crippen molar-refractivity contribution < 1.29 is 22.7 Å². The number of nitrogens with one attached hydrogen (secondary N) is 1. The third kappa shape index (κ3) is 3.39. The van der Waals surface area contributed by atoms with Crippen LogP contribution in [0.3, 0.4) is 0 Å². The van der Waals surface area contributed by atoms with Gasteiger partial charge in [0.1, 0.15) is 5.69 Å². The number of hydrogen-bond donors (Lipinski definition) is 1. The number of esters is 1. The number of alkyl halides is 3. The molecule has 8 heteroatoms. The molecule has 0 saturated carbocycles. The predicted octanol–water partition coefficient (Wildman–Crippen LogP) is 2.05. The molecule has 21 heavy (non-hydrogen) atoms. The van der Waals surface area contributed by atoms with Gasteiger partial charge in [-0.05, 0) is 25.1 Å². The summed E-state index contributed by atoms with van der Waals surface area (Å²) in [5, 5.41) is 0. The summed E-state index contributed by atoms with van der Waals surface area (Å²) in [5.74, 6) is -0.665. The Kier molecular flexibility index (Phi) is 3.97. The van der Waals surface area contributed by atoms with E-state index in [0.29, 0.717) is 0 Å². The average molecular weight is 300 g/mol. The summed E-state index contributed by atoms with van der Waals surface area (Å²) in [7, 11) is 0. The van der Waals surface area contributed by atoms with Crippen molar-refractivity contribution >= 4 is 17.0 Å². The van der Waals surface area contributed by atoms with E-state index >= 15 is 0 Å². The molecule has 0 aliphatic heterocycles. The Morgan fingerprint density at radius 3 is 2.71 bits per heavy atom. The fourth-order valence-corrected chi connectivity index (χ4v) is 1.77. The van der Waals surface area contributed by atoms with E-state index in [4.69, 9.17) is 0 Å². The summed E-state index contributed by atoms with van der Waals surface area (Å²) in [4.78, 5) is 29.3. The number of fused-ring (bicyclic) bond motifs is 1. The number of carbonyl (C=O) groups is 1. The van der Waals surface area contributed by atoms with E-state index in [1.807, 2.05) is 0 Å². The summed E-state index contributed by atoms with van der Waals surface area (Å²) in [6.45, 7) is 1.74. The lowest BCUT2D eigenvalue weighted by Crippen LogP contribution is -2.20. The van der Waals surface area contributed by atoms with Gasteiger partial charge in [-0.25, -0.2) is 4.98 Å². The van der Waals surface area contributed by atoms with Gasteiger partial charge in [0.15, 0.2) is 0 Å². The maximum atomic E-state index is 12.6. The first-order chi connectivity index (χ1) is 9.81. The normalized spacial score (nSPS) is 11.6. The van der Waals surface area contributed by atoms with Gasteiger partial charge in [-0.1, -0.05) is 0 Å². The number of ether oxygens (including phenoxy) is 1. The molecule has 1 N–H and O–H groups in total. The second-order valence-electron chi connectivity index (χ2n) is 4.22. The smallest absolute Gasteiger partial charge is 0.416 e. The number of halogens is 3. The topological polar surface area (TPSA) is 72.0 Å². The van der Waals surface area contributed by atoms with E-state index in [1.165, 1.54) is 0 Å². The highest BCUT2D eigenvalue weighted by molar-refractivity contribution is 5.77. The average Bonchev–Trinajstić information content (AvgIpc) is 2.38. The first-order valence-electron chi connectivity index (χ1n) is 6.07. The highest BCUT2D eigenvalue weighted by Crippen LogP contribution is 2.30. The number of aromatic amines is 1. The molecule has 112 valence electrons. The molecule has 0 aliphatic rings. The Morgan fingerprint density at radius 2 is 2.10 bits per heavy atom. The SMILES string of the molecule is CCOC(=O)Cc1nc2cc(C(F)(F)F)ccc2[nH]c1=O. The molecular formula is C13H11F3N2O3. The molecule has 0 spiro atoms. The Balaban J connectivity index is 2.46. The number of rotatable bonds is 3. The fraction of sp³-hybridized carbons (Fsp3) is 0.308. The van der Waals surface area contributed by atoms with Crippen LogP contribution < -0.4 is 5.56 Å². The first kappa shape index (κ1) is 15.0. The van der Waals surface area contributed by atoms with Gasteiger partial charge >= 0.3 is 12.1 Å². The van der Waals surface area contributed by atoms with Crippen molar-refractivity contribution in [2.24, 2.45) is 0 Å². The predicted molar refractivity (Wildman–Crippen MR) is 67.7 cm³/mol. The van der Waals surface area contributed by atoms with E-state index in [1.54, 1.807) is 6.92 Å². The highest BCUT2D eigenvalue weighted by Gasteiger charge is 2.30. The summed E-state index contributed by atoms with van der Waals surface area (Å²) in [6, 6.07) is 2.80. The Morgan fingerprint density at radius 1 is 1.38 bits per heavy atom. The van der Waals surface area contributed by atoms with E-state index < -0.39 is 29.7 Å².